The molecule has 1 fully saturated rings. The first kappa shape index (κ1) is 21.2. The summed E-state index contributed by atoms with van der Waals surface area (Å²) in [6, 6.07) is 5.82. The van der Waals surface area contributed by atoms with Crippen molar-refractivity contribution in [2.45, 2.75) is 24.5 Å². The van der Waals surface area contributed by atoms with Crippen LogP contribution in [0.2, 0.25) is 0 Å². The van der Waals surface area contributed by atoms with E-state index in [0.29, 0.717) is 32.1 Å². The molecule has 0 aliphatic carbocycles. The van der Waals surface area contributed by atoms with E-state index in [0.717, 1.165) is 23.8 Å². The minimum atomic E-state index is -4.00. The summed E-state index contributed by atoms with van der Waals surface area (Å²) >= 11 is 0. The Morgan fingerprint density at radius 3 is 2.71 bits per heavy atom. The maximum Gasteiger partial charge on any atom is 0.263 e. The zero-order chi connectivity index (χ0) is 22.0. The van der Waals surface area contributed by atoms with Crippen LogP contribution in [0.5, 0.6) is 0 Å². The molecule has 11 heteroatoms. The molecular weight excluding hydrogens is 428 g/mol. The van der Waals surface area contributed by atoms with Gasteiger partial charge in [-0.1, -0.05) is 0 Å². The molecule has 0 radical (unpaired) electrons. The summed E-state index contributed by atoms with van der Waals surface area (Å²) in [5.41, 5.74) is 0.996. The molecular formula is C20H21F2N5O3S. The van der Waals surface area contributed by atoms with Crippen LogP contribution in [0, 0.1) is 18.6 Å². The zero-order valence-electron chi connectivity index (χ0n) is 16.7. The fourth-order valence-corrected chi connectivity index (χ4v) is 4.30. The number of nitrogens with one attached hydrogen (secondary N) is 1. The molecule has 1 saturated heterocycles. The molecule has 1 aliphatic rings. The fraction of sp³-hybridized carbons (Fsp3) is 0.300. The van der Waals surface area contributed by atoms with E-state index in [9.17, 15) is 17.2 Å². The van der Waals surface area contributed by atoms with Gasteiger partial charge in [0.05, 0.1) is 31.1 Å². The maximum atomic E-state index is 13.3. The third kappa shape index (κ3) is 5.00. The Kier molecular flexibility index (Phi) is 5.88. The lowest BCUT2D eigenvalue weighted by Gasteiger charge is -2.33. The Hall–Kier alpha value is -3.05. The largest absolute Gasteiger partial charge is 0.373 e. The highest BCUT2D eigenvalue weighted by Gasteiger charge is 2.23. The molecule has 0 amide bonds. The van der Waals surface area contributed by atoms with Gasteiger partial charge in [0.15, 0.2) is 11.6 Å². The summed E-state index contributed by atoms with van der Waals surface area (Å²) < 4.78 is 61.3. The Morgan fingerprint density at radius 1 is 1.19 bits per heavy atom. The second-order valence-corrected chi connectivity index (χ2v) is 8.95. The van der Waals surface area contributed by atoms with Crippen LogP contribution in [0.15, 0.2) is 53.8 Å². The van der Waals surface area contributed by atoms with Crippen molar-refractivity contribution < 1.29 is 21.9 Å². The van der Waals surface area contributed by atoms with Crippen LogP contribution in [0.25, 0.3) is 0 Å². The second-order valence-electron chi connectivity index (χ2n) is 7.27. The summed E-state index contributed by atoms with van der Waals surface area (Å²) in [6.07, 6.45) is 4.89. The molecule has 4 rings (SSSR count). The number of ether oxygens (including phenoxy) is 1. The smallest absolute Gasteiger partial charge is 0.263 e. The Bertz CT molecular complexity index is 1170. The number of rotatable bonds is 6. The monoisotopic (exact) mass is 449 g/mol. The Balaban J connectivity index is 1.43. The SMILES string of the molecule is Cc1cnn(CC2CN(c3ccc(S(=O)(=O)Nc4ccc(F)c(F)c4)cn3)CCO2)c1. The molecule has 0 saturated carbocycles. The van der Waals surface area contributed by atoms with Crippen molar-refractivity contribution in [3.63, 3.8) is 0 Å². The molecule has 0 bridgehead atoms. The molecule has 164 valence electrons. The van der Waals surface area contributed by atoms with E-state index >= 15 is 0 Å². The van der Waals surface area contributed by atoms with Crippen molar-refractivity contribution in [1.82, 2.24) is 14.8 Å². The fourth-order valence-electron chi connectivity index (χ4n) is 3.31. The van der Waals surface area contributed by atoms with Gasteiger partial charge in [0.2, 0.25) is 0 Å². The van der Waals surface area contributed by atoms with E-state index in [-0.39, 0.29) is 16.7 Å². The molecule has 1 aliphatic heterocycles. The number of aromatic nitrogens is 3. The molecule has 8 nitrogen and oxygen atoms in total. The van der Waals surface area contributed by atoms with Crippen molar-refractivity contribution in [3.8, 4) is 0 Å². The lowest BCUT2D eigenvalue weighted by Crippen LogP contribution is -2.44. The summed E-state index contributed by atoms with van der Waals surface area (Å²) in [6.45, 7) is 4.31. The van der Waals surface area contributed by atoms with Crippen molar-refractivity contribution in [2.75, 3.05) is 29.3 Å². The molecule has 0 spiro atoms. The maximum absolute atomic E-state index is 13.3. The molecule has 3 aromatic rings. The lowest BCUT2D eigenvalue weighted by molar-refractivity contribution is 0.0272. The number of nitrogens with zero attached hydrogens (tertiary/aromatic N) is 4. The van der Waals surface area contributed by atoms with Crippen molar-refractivity contribution >= 4 is 21.5 Å². The number of benzene rings is 1. The summed E-state index contributed by atoms with van der Waals surface area (Å²) in [4.78, 5) is 6.21. The van der Waals surface area contributed by atoms with Gasteiger partial charge in [0, 0.05) is 31.5 Å². The average molecular weight is 449 g/mol. The van der Waals surface area contributed by atoms with Crippen LogP contribution in [0.1, 0.15) is 5.56 Å². The number of anilines is 2. The van der Waals surface area contributed by atoms with Crippen LogP contribution in [-0.4, -0.2) is 49.0 Å². The number of aryl methyl sites for hydroxylation is 1. The number of halogens is 2. The number of hydrogen-bond acceptors (Lipinski definition) is 6. The molecule has 31 heavy (non-hydrogen) atoms. The Morgan fingerprint density at radius 2 is 2.03 bits per heavy atom. The average Bonchev–Trinajstić information content (AvgIpc) is 3.15. The third-order valence-electron chi connectivity index (χ3n) is 4.82. The Labute approximate surface area is 178 Å². The van der Waals surface area contributed by atoms with Gasteiger partial charge in [-0.25, -0.2) is 22.2 Å². The van der Waals surface area contributed by atoms with Gasteiger partial charge in [-0.05, 0) is 36.8 Å². The van der Waals surface area contributed by atoms with Gasteiger partial charge in [0.25, 0.3) is 10.0 Å². The van der Waals surface area contributed by atoms with E-state index in [1.54, 1.807) is 12.3 Å². The molecule has 1 aromatic carbocycles. The lowest BCUT2D eigenvalue weighted by atomic mass is 10.2. The van der Waals surface area contributed by atoms with E-state index in [4.69, 9.17) is 4.74 Å². The topological polar surface area (TPSA) is 89.4 Å². The highest BCUT2D eigenvalue weighted by Crippen LogP contribution is 2.21. The van der Waals surface area contributed by atoms with Gasteiger partial charge in [0.1, 0.15) is 10.7 Å². The van der Waals surface area contributed by atoms with E-state index in [1.165, 1.54) is 12.3 Å². The van der Waals surface area contributed by atoms with Gasteiger partial charge in [-0.15, -0.1) is 0 Å². The molecule has 1 atom stereocenters. The quantitative estimate of drug-likeness (QED) is 0.622. The highest BCUT2D eigenvalue weighted by molar-refractivity contribution is 7.92. The minimum absolute atomic E-state index is 0.0756. The van der Waals surface area contributed by atoms with Crippen LogP contribution >= 0.6 is 0 Å². The molecule has 3 heterocycles. The van der Waals surface area contributed by atoms with Gasteiger partial charge in [-0.3, -0.25) is 9.40 Å². The first-order valence-electron chi connectivity index (χ1n) is 9.60. The van der Waals surface area contributed by atoms with E-state index in [1.807, 2.05) is 22.7 Å². The number of sulfonamides is 1. The van der Waals surface area contributed by atoms with Gasteiger partial charge in [-0.2, -0.15) is 5.10 Å². The normalized spacial score (nSPS) is 17.0. The predicted octanol–water partition coefficient (Wildman–Crippen LogP) is 2.57. The number of morpholine rings is 1. The van der Waals surface area contributed by atoms with Crippen LogP contribution in [0.4, 0.5) is 20.3 Å². The highest BCUT2D eigenvalue weighted by atomic mass is 32.2. The van der Waals surface area contributed by atoms with Crippen LogP contribution in [-0.2, 0) is 21.3 Å². The molecule has 1 N–H and O–H groups in total. The molecule has 1 unspecified atom stereocenters. The minimum Gasteiger partial charge on any atom is -0.373 e. The molecule has 2 aromatic heterocycles. The summed E-state index contributed by atoms with van der Waals surface area (Å²) in [5.74, 6) is -1.57. The number of pyridine rings is 1. The van der Waals surface area contributed by atoms with Gasteiger partial charge >= 0.3 is 0 Å². The standard InChI is InChI=1S/C20H21F2N5O3S/c1-14-9-24-27(11-14)13-16-12-26(6-7-30-16)20-5-3-17(10-23-20)31(28,29)25-15-2-4-18(21)19(22)8-15/h2-5,8-11,16,25H,6-7,12-13H2,1H3. The summed E-state index contributed by atoms with van der Waals surface area (Å²) in [7, 11) is -4.00. The third-order valence-corrected chi connectivity index (χ3v) is 6.19. The zero-order valence-corrected chi connectivity index (χ0v) is 17.5. The predicted molar refractivity (Wildman–Crippen MR) is 110 cm³/mol. The van der Waals surface area contributed by atoms with Crippen LogP contribution < -0.4 is 9.62 Å². The first-order valence-corrected chi connectivity index (χ1v) is 11.1. The summed E-state index contributed by atoms with van der Waals surface area (Å²) in [5, 5.41) is 4.28. The van der Waals surface area contributed by atoms with Crippen molar-refractivity contribution in [3.05, 3.63) is 66.1 Å². The van der Waals surface area contributed by atoms with E-state index < -0.39 is 21.7 Å². The van der Waals surface area contributed by atoms with Crippen molar-refractivity contribution in [2.24, 2.45) is 0 Å². The number of hydrogen-bond donors (Lipinski definition) is 1. The second kappa shape index (κ2) is 8.60. The van der Waals surface area contributed by atoms with Gasteiger partial charge < -0.3 is 9.64 Å². The van der Waals surface area contributed by atoms with E-state index in [2.05, 4.69) is 14.8 Å². The van der Waals surface area contributed by atoms with Crippen molar-refractivity contribution in [1.29, 1.82) is 0 Å². The first-order chi connectivity index (χ1) is 14.8. The van der Waals surface area contributed by atoms with Crippen LogP contribution in [0.3, 0.4) is 0 Å².